The third-order valence-electron chi connectivity index (χ3n) is 5.20. The first-order chi connectivity index (χ1) is 8.38. The molecule has 0 aromatic heterocycles. The molecule has 0 bridgehead atoms. The van der Waals surface area contributed by atoms with Crippen LogP contribution in [0.15, 0.2) is 11.6 Å². The lowest BCUT2D eigenvalue weighted by Crippen LogP contribution is -2.43. The number of allylic oxidation sites excluding steroid dienone is 1. The Hall–Kier alpha value is -0.830. The van der Waals surface area contributed by atoms with Crippen molar-refractivity contribution in [1.82, 2.24) is 0 Å². The quantitative estimate of drug-likeness (QED) is 0.743. The van der Waals surface area contributed by atoms with Crippen LogP contribution in [0, 0.1) is 23.2 Å². The minimum absolute atomic E-state index is 0.223. The van der Waals surface area contributed by atoms with Gasteiger partial charge in [0.2, 0.25) is 0 Å². The molecule has 3 heteroatoms. The van der Waals surface area contributed by atoms with Crippen LogP contribution in [0.3, 0.4) is 0 Å². The number of carboxylic acid groups (broad SMARTS) is 1. The highest BCUT2D eigenvalue weighted by Crippen LogP contribution is 2.58. The van der Waals surface area contributed by atoms with Crippen molar-refractivity contribution in [2.45, 2.75) is 52.6 Å². The van der Waals surface area contributed by atoms with Gasteiger partial charge in [-0.1, -0.05) is 19.9 Å². The molecule has 0 aromatic carbocycles. The fourth-order valence-electron chi connectivity index (χ4n) is 4.22. The Morgan fingerprint density at radius 3 is 2.61 bits per heavy atom. The van der Waals surface area contributed by atoms with Gasteiger partial charge in [-0.2, -0.15) is 0 Å². The lowest BCUT2D eigenvalue weighted by atomic mass is 9.60. The second kappa shape index (κ2) is 4.69. The van der Waals surface area contributed by atoms with Crippen LogP contribution in [-0.2, 0) is 4.79 Å². The van der Waals surface area contributed by atoms with Crippen LogP contribution >= 0.6 is 0 Å². The van der Waals surface area contributed by atoms with Crippen LogP contribution in [0.4, 0.5) is 0 Å². The maximum atomic E-state index is 11.5. The van der Waals surface area contributed by atoms with Crippen molar-refractivity contribution in [2.24, 2.45) is 23.2 Å². The van der Waals surface area contributed by atoms with Crippen LogP contribution in [0.2, 0.25) is 0 Å². The Bertz CT molecular complexity index is 372. The molecule has 1 saturated carbocycles. The number of aliphatic hydroxyl groups is 1. The van der Waals surface area contributed by atoms with Gasteiger partial charge in [0, 0.05) is 0 Å². The number of carboxylic acids is 1. The minimum atomic E-state index is -0.682. The summed E-state index contributed by atoms with van der Waals surface area (Å²) >= 11 is 0. The van der Waals surface area contributed by atoms with E-state index in [-0.39, 0.29) is 11.3 Å². The first kappa shape index (κ1) is 13.6. The van der Waals surface area contributed by atoms with Gasteiger partial charge in [0.25, 0.3) is 0 Å². The van der Waals surface area contributed by atoms with E-state index in [1.54, 1.807) is 0 Å². The molecular formula is C15H24O3. The predicted molar refractivity (Wildman–Crippen MR) is 70.1 cm³/mol. The van der Waals surface area contributed by atoms with Gasteiger partial charge in [-0.25, -0.2) is 0 Å². The van der Waals surface area contributed by atoms with E-state index in [0.717, 1.165) is 24.8 Å². The summed E-state index contributed by atoms with van der Waals surface area (Å²) < 4.78 is 0. The van der Waals surface area contributed by atoms with Gasteiger partial charge in [-0.15, -0.1) is 0 Å². The zero-order chi connectivity index (χ0) is 13.5. The summed E-state index contributed by atoms with van der Waals surface area (Å²) in [5.41, 5.74) is 0.776. The summed E-state index contributed by atoms with van der Waals surface area (Å²) in [4.78, 5) is 11.5. The molecule has 0 aliphatic heterocycles. The van der Waals surface area contributed by atoms with Crippen molar-refractivity contribution >= 4 is 5.97 Å². The summed E-state index contributed by atoms with van der Waals surface area (Å²) in [6, 6.07) is 0. The number of aliphatic carboxylic acids is 1. The van der Waals surface area contributed by atoms with Crippen LogP contribution in [0.1, 0.15) is 46.5 Å². The van der Waals surface area contributed by atoms with Crippen molar-refractivity contribution in [3.63, 3.8) is 0 Å². The summed E-state index contributed by atoms with van der Waals surface area (Å²) in [6.45, 7) is 6.29. The second-order valence-corrected chi connectivity index (χ2v) is 6.42. The molecule has 0 radical (unpaired) electrons. The van der Waals surface area contributed by atoms with Crippen LogP contribution in [0.25, 0.3) is 0 Å². The summed E-state index contributed by atoms with van der Waals surface area (Å²) in [5, 5.41) is 19.6. The summed E-state index contributed by atoms with van der Waals surface area (Å²) in [5.74, 6) is -0.0758. The zero-order valence-corrected chi connectivity index (χ0v) is 11.5. The summed E-state index contributed by atoms with van der Waals surface area (Å²) in [6.07, 6.45) is 4.78. The smallest absolute Gasteiger partial charge is 0.307 e. The van der Waals surface area contributed by atoms with Crippen molar-refractivity contribution < 1.29 is 15.0 Å². The Morgan fingerprint density at radius 2 is 2.11 bits per heavy atom. The molecule has 1 fully saturated rings. The first-order valence-electron chi connectivity index (χ1n) is 6.96. The molecule has 0 heterocycles. The van der Waals surface area contributed by atoms with E-state index in [4.69, 9.17) is 0 Å². The molecule has 2 N–H and O–H groups in total. The molecule has 0 saturated heterocycles. The monoisotopic (exact) mass is 252 g/mol. The van der Waals surface area contributed by atoms with E-state index in [9.17, 15) is 15.0 Å². The number of aliphatic hydroxyl groups excluding tert-OH is 1. The zero-order valence-electron chi connectivity index (χ0n) is 11.5. The van der Waals surface area contributed by atoms with E-state index in [1.165, 1.54) is 0 Å². The molecule has 0 unspecified atom stereocenters. The molecule has 0 aromatic rings. The largest absolute Gasteiger partial charge is 0.481 e. The number of hydrogen-bond donors (Lipinski definition) is 2. The normalized spacial score (nSPS) is 40.3. The lowest BCUT2D eigenvalue weighted by Gasteiger charge is -2.44. The van der Waals surface area contributed by atoms with E-state index in [2.05, 4.69) is 19.9 Å². The molecule has 4 atom stereocenters. The van der Waals surface area contributed by atoms with Crippen LogP contribution < -0.4 is 0 Å². The van der Waals surface area contributed by atoms with Crippen molar-refractivity contribution in [3.8, 4) is 0 Å². The van der Waals surface area contributed by atoms with Gasteiger partial charge < -0.3 is 10.2 Å². The maximum Gasteiger partial charge on any atom is 0.307 e. The predicted octanol–water partition coefficient (Wildman–Crippen LogP) is 2.84. The van der Waals surface area contributed by atoms with Crippen molar-refractivity contribution in [1.29, 1.82) is 0 Å². The highest BCUT2D eigenvalue weighted by Gasteiger charge is 2.55. The fourth-order valence-corrected chi connectivity index (χ4v) is 4.22. The number of rotatable bonds is 2. The Morgan fingerprint density at radius 1 is 1.44 bits per heavy atom. The molecule has 3 nitrogen and oxygen atoms in total. The van der Waals surface area contributed by atoms with E-state index >= 15 is 0 Å². The topological polar surface area (TPSA) is 57.5 Å². The standard InChI is InChI=1S/C15H24O3/c1-9(2)11-4-5-12(14(17)18)15(11)7-6-10(3)13(16)8-15/h6,9,11-13,16H,4-5,7-8H2,1-3H3,(H,17,18)/t11-,12+,13-,15-/m0/s1. The highest BCUT2D eigenvalue weighted by molar-refractivity contribution is 5.72. The van der Waals surface area contributed by atoms with E-state index in [1.807, 2.05) is 6.92 Å². The maximum absolute atomic E-state index is 11.5. The van der Waals surface area contributed by atoms with Crippen LogP contribution in [0.5, 0.6) is 0 Å². The average Bonchev–Trinajstić information content (AvgIpc) is 2.63. The molecule has 1 spiro atoms. The fraction of sp³-hybridized carbons (Fsp3) is 0.800. The third-order valence-corrected chi connectivity index (χ3v) is 5.20. The summed E-state index contributed by atoms with van der Waals surface area (Å²) in [7, 11) is 0. The Labute approximate surface area is 109 Å². The molecule has 2 aliphatic rings. The van der Waals surface area contributed by atoms with Gasteiger partial charge in [0.15, 0.2) is 0 Å². The van der Waals surface area contributed by atoms with E-state index in [0.29, 0.717) is 18.3 Å². The molecule has 2 rings (SSSR count). The van der Waals surface area contributed by atoms with Crippen molar-refractivity contribution in [3.05, 3.63) is 11.6 Å². The number of carbonyl (C=O) groups is 1. The van der Waals surface area contributed by atoms with Gasteiger partial charge in [-0.05, 0) is 55.4 Å². The molecule has 102 valence electrons. The molecular weight excluding hydrogens is 228 g/mol. The van der Waals surface area contributed by atoms with E-state index < -0.39 is 12.1 Å². The SMILES string of the molecule is CC1=CC[C@@]2(C[C@@H]1O)[C@@H](C(=O)O)CC[C@H]2C(C)C. The highest BCUT2D eigenvalue weighted by atomic mass is 16.4. The molecule has 18 heavy (non-hydrogen) atoms. The second-order valence-electron chi connectivity index (χ2n) is 6.42. The van der Waals surface area contributed by atoms with Gasteiger partial charge in [0.1, 0.15) is 0 Å². The average molecular weight is 252 g/mol. The van der Waals surface area contributed by atoms with Gasteiger partial charge in [0.05, 0.1) is 12.0 Å². The lowest BCUT2D eigenvalue weighted by molar-refractivity contribution is -0.147. The third kappa shape index (κ3) is 1.99. The number of hydrogen-bond acceptors (Lipinski definition) is 2. The Balaban J connectivity index is 2.37. The molecule has 0 amide bonds. The van der Waals surface area contributed by atoms with Gasteiger partial charge >= 0.3 is 5.97 Å². The van der Waals surface area contributed by atoms with Gasteiger partial charge in [-0.3, -0.25) is 4.79 Å². The molecule has 2 aliphatic carbocycles. The van der Waals surface area contributed by atoms with Crippen LogP contribution in [-0.4, -0.2) is 22.3 Å². The Kier molecular flexibility index (Phi) is 3.54. The first-order valence-corrected chi connectivity index (χ1v) is 6.96. The minimum Gasteiger partial charge on any atom is -0.481 e. The van der Waals surface area contributed by atoms with Crippen molar-refractivity contribution in [2.75, 3.05) is 0 Å².